The molecule has 13 heavy (non-hydrogen) atoms. The lowest BCUT2D eigenvalue weighted by Crippen LogP contribution is -1.96. The summed E-state index contributed by atoms with van der Waals surface area (Å²) in [6, 6.07) is 1.69. The average molecular weight is 184 g/mol. The molecule has 0 unspecified atom stereocenters. The van der Waals surface area contributed by atoms with Crippen molar-refractivity contribution >= 4 is 5.97 Å². The second kappa shape index (κ2) is 4.09. The van der Waals surface area contributed by atoms with Gasteiger partial charge in [-0.3, -0.25) is 4.79 Å². The third kappa shape index (κ3) is 2.59. The summed E-state index contributed by atoms with van der Waals surface area (Å²) in [5.74, 6) is 0.423. The zero-order valence-electron chi connectivity index (χ0n) is 7.41. The van der Waals surface area contributed by atoms with Gasteiger partial charge in [-0.25, -0.2) is 0 Å². The van der Waals surface area contributed by atoms with Crippen LogP contribution in [0.4, 0.5) is 0 Å². The molecule has 1 aromatic heterocycles. The number of aliphatic hydroxyl groups is 1. The van der Waals surface area contributed by atoms with Gasteiger partial charge in [0.15, 0.2) is 0 Å². The Morgan fingerprint density at radius 3 is 2.77 bits per heavy atom. The van der Waals surface area contributed by atoms with E-state index in [0.717, 1.165) is 5.56 Å². The van der Waals surface area contributed by atoms with Gasteiger partial charge >= 0.3 is 5.97 Å². The van der Waals surface area contributed by atoms with Crippen molar-refractivity contribution in [3.63, 3.8) is 0 Å². The lowest BCUT2D eigenvalue weighted by Gasteiger charge is -1.90. The number of carbonyl (C=O) groups is 1. The zero-order chi connectivity index (χ0) is 9.84. The van der Waals surface area contributed by atoms with E-state index >= 15 is 0 Å². The van der Waals surface area contributed by atoms with E-state index in [-0.39, 0.29) is 13.0 Å². The Balaban J connectivity index is 2.62. The molecule has 0 amide bonds. The third-order valence-corrected chi connectivity index (χ3v) is 1.83. The molecule has 72 valence electrons. The monoisotopic (exact) mass is 184 g/mol. The van der Waals surface area contributed by atoms with Crippen LogP contribution >= 0.6 is 0 Å². The third-order valence-electron chi connectivity index (χ3n) is 1.83. The zero-order valence-corrected chi connectivity index (χ0v) is 7.41. The molecule has 0 aliphatic rings. The van der Waals surface area contributed by atoms with Crippen molar-refractivity contribution in [1.29, 1.82) is 0 Å². The van der Waals surface area contributed by atoms with Crippen molar-refractivity contribution in [1.82, 2.24) is 0 Å². The summed E-state index contributed by atoms with van der Waals surface area (Å²) in [4.78, 5) is 10.2. The first-order valence-corrected chi connectivity index (χ1v) is 4.04. The molecule has 0 aliphatic carbocycles. The average Bonchev–Trinajstić information content (AvgIpc) is 2.43. The molecule has 0 bridgehead atoms. The summed E-state index contributed by atoms with van der Waals surface area (Å²) in [5.41, 5.74) is 0.723. The number of aryl methyl sites for hydroxylation is 2. The Morgan fingerprint density at radius 1 is 1.62 bits per heavy atom. The van der Waals surface area contributed by atoms with Gasteiger partial charge in [-0.1, -0.05) is 0 Å². The second-order valence-electron chi connectivity index (χ2n) is 2.85. The number of hydrogen-bond donors (Lipinski definition) is 2. The highest BCUT2D eigenvalue weighted by Crippen LogP contribution is 2.15. The molecular formula is C9H12O4. The van der Waals surface area contributed by atoms with Crippen molar-refractivity contribution in [2.45, 2.75) is 26.4 Å². The predicted octanol–water partition coefficient (Wildman–Crippen LogP) is 1.10. The summed E-state index contributed by atoms with van der Waals surface area (Å²) in [6.45, 7) is 1.68. The highest BCUT2D eigenvalue weighted by Gasteiger charge is 2.07. The van der Waals surface area contributed by atoms with Crippen LogP contribution < -0.4 is 0 Å². The molecule has 0 spiro atoms. The van der Waals surface area contributed by atoms with Gasteiger partial charge in [0.2, 0.25) is 0 Å². The molecule has 2 N–H and O–H groups in total. The molecule has 4 heteroatoms. The molecule has 0 atom stereocenters. The van der Waals surface area contributed by atoms with E-state index in [0.29, 0.717) is 17.9 Å². The fraction of sp³-hybridized carbons (Fsp3) is 0.444. The van der Waals surface area contributed by atoms with Crippen molar-refractivity contribution in [2.24, 2.45) is 0 Å². The van der Waals surface area contributed by atoms with Gasteiger partial charge in [0.1, 0.15) is 11.5 Å². The lowest BCUT2D eigenvalue weighted by atomic mass is 10.2. The molecule has 0 aromatic carbocycles. The molecule has 0 saturated heterocycles. The molecule has 0 radical (unpaired) electrons. The number of furan rings is 1. The molecule has 0 fully saturated rings. The van der Waals surface area contributed by atoms with Crippen LogP contribution in [0.5, 0.6) is 0 Å². The van der Waals surface area contributed by atoms with E-state index < -0.39 is 5.97 Å². The Hall–Kier alpha value is -1.29. The number of aliphatic carboxylic acids is 1. The minimum atomic E-state index is -0.848. The standard InChI is InChI=1S/C9H12O4/c1-6-7(5-10)4-8(13-6)2-3-9(11)12/h4,10H,2-3,5H2,1H3,(H,11,12). The first-order chi connectivity index (χ1) is 6.13. The van der Waals surface area contributed by atoms with E-state index in [1.165, 1.54) is 0 Å². The topological polar surface area (TPSA) is 70.7 Å². The molecule has 1 rings (SSSR count). The lowest BCUT2D eigenvalue weighted by molar-refractivity contribution is -0.137. The summed E-state index contributed by atoms with van der Waals surface area (Å²) < 4.78 is 5.23. The van der Waals surface area contributed by atoms with Gasteiger partial charge in [-0.2, -0.15) is 0 Å². The molecular weight excluding hydrogens is 172 g/mol. The Labute approximate surface area is 75.8 Å². The largest absolute Gasteiger partial charge is 0.481 e. The summed E-state index contributed by atoms with van der Waals surface area (Å²) in [5, 5.41) is 17.2. The fourth-order valence-corrected chi connectivity index (χ4v) is 1.10. The number of rotatable bonds is 4. The van der Waals surface area contributed by atoms with Crippen LogP contribution in [-0.2, 0) is 17.8 Å². The molecule has 1 heterocycles. The van der Waals surface area contributed by atoms with Gasteiger partial charge in [0, 0.05) is 12.0 Å². The van der Waals surface area contributed by atoms with E-state index in [1.807, 2.05) is 0 Å². The van der Waals surface area contributed by atoms with Crippen molar-refractivity contribution < 1.29 is 19.4 Å². The van der Waals surface area contributed by atoms with Crippen LogP contribution in [0.2, 0.25) is 0 Å². The summed E-state index contributed by atoms with van der Waals surface area (Å²) in [6.07, 6.45) is 0.425. The highest BCUT2D eigenvalue weighted by molar-refractivity contribution is 5.66. The fourth-order valence-electron chi connectivity index (χ4n) is 1.10. The van der Waals surface area contributed by atoms with E-state index in [9.17, 15) is 4.79 Å². The minimum absolute atomic E-state index is 0.0534. The van der Waals surface area contributed by atoms with Gasteiger partial charge in [0.25, 0.3) is 0 Å². The van der Waals surface area contributed by atoms with Gasteiger partial charge in [0.05, 0.1) is 13.0 Å². The first-order valence-electron chi connectivity index (χ1n) is 4.04. The van der Waals surface area contributed by atoms with Crippen LogP contribution in [0, 0.1) is 6.92 Å². The molecule has 1 aromatic rings. The normalized spacial score (nSPS) is 10.3. The van der Waals surface area contributed by atoms with E-state index in [4.69, 9.17) is 14.6 Å². The smallest absolute Gasteiger partial charge is 0.303 e. The van der Waals surface area contributed by atoms with Gasteiger partial charge in [-0.05, 0) is 13.0 Å². The predicted molar refractivity (Wildman–Crippen MR) is 45.3 cm³/mol. The number of carboxylic acids is 1. The first kappa shape index (κ1) is 9.80. The van der Waals surface area contributed by atoms with Crippen molar-refractivity contribution in [2.75, 3.05) is 0 Å². The summed E-state index contributed by atoms with van der Waals surface area (Å²) >= 11 is 0. The van der Waals surface area contributed by atoms with Crippen LogP contribution in [0.1, 0.15) is 23.5 Å². The van der Waals surface area contributed by atoms with Crippen LogP contribution in [0.15, 0.2) is 10.5 Å². The SMILES string of the molecule is Cc1oc(CCC(=O)O)cc1CO. The molecule has 0 aliphatic heterocycles. The maximum Gasteiger partial charge on any atom is 0.303 e. The van der Waals surface area contributed by atoms with Crippen molar-refractivity contribution in [3.05, 3.63) is 23.2 Å². The maximum atomic E-state index is 10.2. The maximum absolute atomic E-state index is 10.2. The number of carboxylic acid groups (broad SMARTS) is 1. The van der Waals surface area contributed by atoms with Crippen LogP contribution in [-0.4, -0.2) is 16.2 Å². The van der Waals surface area contributed by atoms with E-state index in [1.54, 1.807) is 13.0 Å². The molecule has 0 saturated carbocycles. The Morgan fingerprint density at radius 2 is 2.31 bits per heavy atom. The minimum Gasteiger partial charge on any atom is -0.481 e. The quantitative estimate of drug-likeness (QED) is 0.735. The van der Waals surface area contributed by atoms with Crippen molar-refractivity contribution in [3.8, 4) is 0 Å². The Bertz CT molecular complexity index is 301. The number of aliphatic hydroxyl groups excluding tert-OH is 1. The van der Waals surface area contributed by atoms with Crippen LogP contribution in [0.3, 0.4) is 0 Å². The number of hydrogen-bond acceptors (Lipinski definition) is 3. The van der Waals surface area contributed by atoms with Crippen LogP contribution in [0.25, 0.3) is 0 Å². The second-order valence-corrected chi connectivity index (χ2v) is 2.85. The Kier molecular flexibility index (Phi) is 3.08. The summed E-state index contributed by atoms with van der Waals surface area (Å²) in [7, 11) is 0. The van der Waals surface area contributed by atoms with E-state index in [2.05, 4.69) is 0 Å². The highest BCUT2D eigenvalue weighted by atomic mass is 16.4. The van der Waals surface area contributed by atoms with Gasteiger partial charge in [-0.15, -0.1) is 0 Å². The molecule has 4 nitrogen and oxygen atoms in total. The van der Waals surface area contributed by atoms with Gasteiger partial charge < -0.3 is 14.6 Å².